The lowest BCUT2D eigenvalue weighted by Gasteiger charge is -2.09. The molecule has 1 aromatic rings. The van der Waals surface area contributed by atoms with Crippen LogP contribution in [0.4, 0.5) is 0 Å². The SMILES string of the molecule is CCOC(=O)C(C#N)c1ccc(Br)c(Cl)c1. The van der Waals surface area contributed by atoms with Crippen molar-refractivity contribution in [2.24, 2.45) is 0 Å². The topological polar surface area (TPSA) is 50.1 Å². The van der Waals surface area contributed by atoms with Crippen LogP contribution in [0.25, 0.3) is 0 Å². The van der Waals surface area contributed by atoms with Crippen molar-refractivity contribution in [3.8, 4) is 6.07 Å². The van der Waals surface area contributed by atoms with Gasteiger partial charge >= 0.3 is 5.97 Å². The fourth-order valence-electron chi connectivity index (χ4n) is 1.18. The van der Waals surface area contributed by atoms with Crippen molar-refractivity contribution in [1.29, 1.82) is 5.26 Å². The number of benzene rings is 1. The Morgan fingerprint density at radius 2 is 2.38 bits per heavy atom. The molecule has 0 spiro atoms. The summed E-state index contributed by atoms with van der Waals surface area (Å²) in [6.07, 6.45) is 0. The van der Waals surface area contributed by atoms with E-state index in [9.17, 15) is 4.79 Å². The molecule has 1 aromatic carbocycles. The van der Waals surface area contributed by atoms with Crippen LogP contribution in [-0.4, -0.2) is 12.6 Å². The van der Waals surface area contributed by atoms with Gasteiger partial charge in [0.25, 0.3) is 0 Å². The zero-order valence-corrected chi connectivity index (χ0v) is 10.9. The first-order valence-corrected chi connectivity index (χ1v) is 5.78. The molecule has 0 fully saturated rings. The van der Waals surface area contributed by atoms with Crippen molar-refractivity contribution in [3.05, 3.63) is 33.3 Å². The monoisotopic (exact) mass is 301 g/mol. The number of nitriles is 1. The van der Waals surface area contributed by atoms with Gasteiger partial charge in [-0.2, -0.15) is 5.26 Å². The lowest BCUT2D eigenvalue weighted by Crippen LogP contribution is -2.14. The van der Waals surface area contributed by atoms with Crippen molar-refractivity contribution in [3.63, 3.8) is 0 Å². The Morgan fingerprint density at radius 1 is 1.69 bits per heavy atom. The van der Waals surface area contributed by atoms with Gasteiger partial charge in [-0.05, 0) is 40.5 Å². The van der Waals surface area contributed by atoms with Crippen molar-refractivity contribution >= 4 is 33.5 Å². The highest BCUT2D eigenvalue weighted by molar-refractivity contribution is 9.10. The number of nitrogens with zero attached hydrogens (tertiary/aromatic N) is 1. The number of ether oxygens (including phenoxy) is 1. The molecule has 0 aliphatic carbocycles. The van der Waals surface area contributed by atoms with Gasteiger partial charge in [0.15, 0.2) is 5.92 Å². The van der Waals surface area contributed by atoms with E-state index in [1.807, 2.05) is 6.07 Å². The number of rotatable bonds is 3. The lowest BCUT2D eigenvalue weighted by molar-refractivity contribution is -0.143. The number of esters is 1. The highest BCUT2D eigenvalue weighted by Gasteiger charge is 2.21. The third-order valence-electron chi connectivity index (χ3n) is 1.93. The molecule has 1 atom stereocenters. The molecule has 3 nitrogen and oxygen atoms in total. The number of halogens is 2. The van der Waals surface area contributed by atoms with Crippen LogP contribution >= 0.6 is 27.5 Å². The van der Waals surface area contributed by atoms with Crippen LogP contribution in [0.15, 0.2) is 22.7 Å². The molecule has 0 saturated carbocycles. The molecule has 0 amide bonds. The Hall–Kier alpha value is -1.05. The average molecular weight is 303 g/mol. The van der Waals surface area contributed by atoms with Crippen LogP contribution in [0, 0.1) is 11.3 Å². The van der Waals surface area contributed by atoms with E-state index in [1.165, 1.54) is 0 Å². The molecule has 0 aliphatic rings. The van der Waals surface area contributed by atoms with Crippen molar-refractivity contribution in [1.82, 2.24) is 0 Å². The summed E-state index contributed by atoms with van der Waals surface area (Å²) in [5.74, 6) is -1.48. The molecule has 0 aliphatic heterocycles. The zero-order valence-electron chi connectivity index (χ0n) is 8.54. The molecule has 0 radical (unpaired) electrons. The fourth-order valence-corrected chi connectivity index (χ4v) is 1.62. The Kier molecular flexibility index (Phi) is 4.78. The first-order chi connectivity index (χ1) is 7.60. The molecule has 0 saturated heterocycles. The Balaban J connectivity index is 3.01. The molecular weight excluding hydrogens is 293 g/mol. The summed E-state index contributed by atoms with van der Waals surface area (Å²) in [5.41, 5.74) is 0.536. The molecule has 0 bridgehead atoms. The zero-order chi connectivity index (χ0) is 12.1. The molecule has 0 aromatic heterocycles. The molecule has 5 heteroatoms. The van der Waals surface area contributed by atoms with Gasteiger partial charge in [0.2, 0.25) is 0 Å². The van der Waals surface area contributed by atoms with Crippen LogP contribution in [0.3, 0.4) is 0 Å². The van der Waals surface area contributed by atoms with E-state index in [4.69, 9.17) is 21.6 Å². The number of carbonyl (C=O) groups excluding carboxylic acids is 1. The van der Waals surface area contributed by atoms with Crippen LogP contribution in [0.5, 0.6) is 0 Å². The minimum absolute atomic E-state index is 0.251. The van der Waals surface area contributed by atoms with E-state index in [2.05, 4.69) is 15.9 Å². The Bertz CT molecular complexity index is 442. The third-order valence-corrected chi connectivity index (χ3v) is 3.16. The molecule has 1 rings (SSSR count). The second-order valence-corrected chi connectivity index (χ2v) is 4.25. The molecule has 84 valence electrons. The maximum Gasteiger partial charge on any atom is 0.327 e. The van der Waals surface area contributed by atoms with Crippen LogP contribution in [0.1, 0.15) is 18.4 Å². The second-order valence-electron chi connectivity index (χ2n) is 2.99. The van der Waals surface area contributed by atoms with E-state index in [0.717, 1.165) is 4.47 Å². The van der Waals surface area contributed by atoms with Gasteiger partial charge in [0, 0.05) is 4.47 Å². The summed E-state index contributed by atoms with van der Waals surface area (Å²) >= 11 is 9.13. The maximum absolute atomic E-state index is 11.5. The quantitative estimate of drug-likeness (QED) is 0.805. The Labute approximate surface area is 107 Å². The van der Waals surface area contributed by atoms with E-state index in [1.54, 1.807) is 25.1 Å². The first kappa shape index (κ1) is 13.0. The van der Waals surface area contributed by atoms with Gasteiger partial charge < -0.3 is 4.74 Å². The number of hydrogen-bond acceptors (Lipinski definition) is 3. The highest BCUT2D eigenvalue weighted by Crippen LogP contribution is 2.27. The van der Waals surface area contributed by atoms with Crippen LogP contribution in [-0.2, 0) is 9.53 Å². The van der Waals surface area contributed by atoms with E-state index in [0.29, 0.717) is 10.6 Å². The average Bonchev–Trinajstić information content (AvgIpc) is 2.25. The predicted molar refractivity (Wildman–Crippen MR) is 64.1 cm³/mol. The van der Waals surface area contributed by atoms with Crippen LogP contribution < -0.4 is 0 Å². The maximum atomic E-state index is 11.5. The summed E-state index contributed by atoms with van der Waals surface area (Å²) in [5, 5.41) is 9.39. The summed E-state index contributed by atoms with van der Waals surface area (Å²) < 4.78 is 5.52. The molecule has 1 unspecified atom stereocenters. The van der Waals surface area contributed by atoms with Gasteiger partial charge in [-0.15, -0.1) is 0 Å². The van der Waals surface area contributed by atoms with Gasteiger partial charge in [-0.1, -0.05) is 17.7 Å². The van der Waals surface area contributed by atoms with Crippen molar-refractivity contribution in [2.45, 2.75) is 12.8 Å². The normalized spacial score (nSPS) is 11.6. The van der Waals surface area contributed by atoms with E-state index < -0.39 is 11.9 Å². The lowest BCUT2D eigenvalue weighted by atomic mass is 10.0. The first-order valence-electron chi connectivity index (χ1n) is 4.61. The van der Waals surface area contributed by atoms with Gasteiger partial charge in [0.1, 0.15) is 0 Å². The van der Waals surface area contributed by atoms with Crippen LogP contribution in [0.2, 0.25) is 5.02 Å². The summed E-state index contributed by atoms with van der Waals surface area (Å²) in [6, 6.07) is 6.84. The predicted octanol–water partition coefficient (Wildman–Crippen LogP) is 3.27. The minimum atomic E-state index is -0.925. The number of hydrogen-bond donors (Lipinski definition) is 0. The largest absolute Gasteiger partial charge is 0.465 e. The standard InChI is InChI=1S/C11H9BrClNO2/c1-2-16-11(15)8(6-14)7-3-4-9(12)10(13)5-7/h3-5,8H,2H2,1H3. The summed E-state index contributed by atoms with van der Waals surface area (Å²) in [7, 11) is 0. The van der Waals surface area contributed by atoms with Gasteiger partial charge in [0.05, 0.1) is 17.7 Å². The molecular formula is C11H9BrClNO2. The van der Waals surface area contributed by atoms with E-state index in [-0.39, 0.29) is 6.61 Å². The van der Waals surface area contributed by atoms with Gasteiger partial charge in [-0.25, -0.2) is 0 Å². The second kappa shape index (κ2) is 5.88. The molecule has 0 heterocycles. The van der Waals surface area contributed by atoms with Crippen molar-refractivity contribution in [2.75, 3.05) is 6.61 Å². The summed E-state index contributed by atoms with van der Waals surface area (Å²) in [6.45, 7) is 1.95. The smallest absolute Gasteiger partial charge is 0.327 e. The fraction of sp³-hybridized carbons (Fsp3) is 0.273. The van der Waals surface area contributed by atoms with Crippen molar-refractivity contribution < 1.29 is 9.53 Å². The third kappa shape index (κ3) is 2.97. The molecule has 16 heavy (non-hydrogen) atoms. The highest BCUT2D eigenvalue weighted by atomic mass is 79.9. The summed E-state index contributed by atoms with van der Waals surface area (Å²) in [4.78, 5) is 11.5. The van der Waals surface area contributed by atoms with E-state index >= 15 is 0 Å². The minimum Gasteiger partial charge on any atom is -0.465 e. The van der Waals surface area contributed by atoms with Gasteiger partial charge in [-0.3, -0.25) is 4.79 Å². The molecule has 0 N–H and O–H groups in total. The number of carbonyl (C=O) groups is 1. The Morgan fingerprint density at radius 3 is 2.88 bits per heavy atom.